The monoisotopic (exact) mass is 284 g/mol. The number of rotatable bonds is 7. The van der Waals surface area contributed by atoms with Crippen molar-refractivity contribution < 1.29 is 10.0 Å². The van der Waals surface area contributed by atoms with Crippen molar-refractivity contribution in [1.82, 2.24) is 10.5 Å². The molecule has 21 heavy (non-hydrogen) atoms. The predicted molar refractivity (Wildman–Crippen MR) is 81.0 cm³/mol. The fraction of sp³-hybridized carbons (Fsp3) is 0.294. The van der Waals surface area contributed by atoms with E-state index in [9.17, 15) is 4.79 Å². The SMILES string of the molecule is O=C(Cc1ccc(CCCCc2cccnc2)cc1)NO. The normalized spacial score (nSPS) is 10.3. The van der Waals surface area contributed by atoms with Crippen molar-refractivity contribution in [2.75, 3.05) is 0 Å². The second-order valence-corrected chi connectivity index (χ2v) is 5.10. The molecule has 0 bridgehead atoms. The van der Waals surface area contributed by atoms with Gasteiger partial charge in [0.05, 0.1) is 6.42 Å². The molecule has 0 unspecified atom stereocenters. The van der Waals surface area contributed by atoms with Crippen LogP contribution in [0.1, 0.15) is 29.5 Å². The zero-order valence-electron chi connectivity index (χ0n) is 12.0. The average Bonchev–Trinajstić information content (AvgIpc) is 2.54. The smallest absolute Gasteiger partial charge is 0.247 e. The molecule has 0 aliphatic rings. The maximum absolute atomic E-state index is 11.0. The molecule has 1 aromatic heterocycles. The van der Waals surface area contributed by atoms with Crippen molar-refractivity contribution in [1.29, 1.82) is 0 Å². The quantitative estimate of drug-likeness (QED) is 0.467. The third-order valence-corrected chi connectivity index (χ3v) is 3.42. The number of nitrogens with one attached hydrogen (secondary N) is 1. The Bertz CT molecular complexity index is 553. The van der Waals surface area contributed by atoms with Crippen LogP contribution in [0.2, 0.25) is 0 Å². The predicted octanol–water partition coefficient (Wildman–Crippen LogP) is 2.69. The molecule has 1 amide bonds. The first kappa shape index (κ1) is 15.2. The first-order valence-corrected chi connectivity index (χ1v) is 7.17. The maximum atomic E-state index is 11.0. The lowest BCUT2D eigenvalue weighted by molar-refractivity contribution is -0.128. The van der Waals surface area contributed by atoms with E-state index in [1.807, 2.05) is 36.5 Å². The van der Waals surface area contributed by atoms with Gasteiger partial charge in [-0.2, -0.15) is 0 Å². The molecule has 4 nitrogen and oxygen atoms in total. The third-order valence-electron chi connectivity index (χ3n) is 3.42. The topological polar surface area (TPSA) is 62.2 Å². The number of unbranched alkanes of at least 4 members (excludes halogenated alkanes) is 1. The van der Waals surface area contributed by atoms with Crippen LogP contribution in [0.25, 0.3) is 0 Å². The fourth-order valence-corrected chi connectivity index (χ4v) is 2.25. The number of benzene rings is 1. The zero-order valence-corrected chi connectivity index (χ0v) is 12.0. The highest BCUT2D eigenvalue weighted by Crippen LogP contribution is 2.10. The Morgan fingerprint density at radius 1 is 1.00 bits per heavy atom. The number of nitrogens with zero attached hydrogens (tertiary/aromatic N) is 1. The van der Waals surface area contributed by atoms with Gasteiger partial charge in [0.25, 0.3) is 0 Å². The van der Waals surface area contributed by atoms with Gasteiger partial charge in [-0.25, -0.2) is 5.48 Å². The number of hydroxylamine groups is 1. The molecule has 110 valence electrons. The Labute approximate surface area is 124 Å². The average molecular weight is 284 g/mol. The highest BCUT2D eigenvalue weighted by Gasteiger charge is 2.02. The lowest BCUT2D eigenvalue weighted by Gasteiger charge is -2.04. The van der Waals surface area contributed by atoms with Gasteiger partial charge in [-0.1, -0.05) is 30.3 Å². The van der Waals surface area contributed by atoms with Gasteiger partial charge in [0.2, 0.25) is 5.91 Å². The molecule has 0 saturated carbocycles. The number of amides is 1. The number of pyridine rings is 1. The van der Waals surface area contributed by atoms with Crippen LogP contribution in [-0.2, 0) is 24.1 Å². The Balaban J connectivity index is 1.72. The van der Waals surface area contributed by atoms with Crippen LogP contribution in [-0.4, -0.2) is 16.1 Å². The molecule has 0 aliphatic heterocycles. The number of hydrogen-bond acceptors (Lipinski definition) is 3. The van der Waals surface area contributed by atoms with Crippen molar-refractivity contribution in [3.63, 3.8) is 0 Å². The minimum atomic E-state index is -0.390. The summed E-state index contributed by atoms with van der Waals surface area (Å²) in [5.74, 6) is -0.390. The molecule has 0 saturated heterocycles. The van der Waals surface area contributed by atoms with Crippen molar-refractivity contribution in [3.05, 3.63) is 65.5 Å². The Morgan fingerprint density at radius 3 is 2.29 bits per heavy atom. The number of hydrogen-bond donors (Lipinski definition) is 2. The summed E-state index contributed by atoms with van der Waals surface area (Å²) in [5.41, 5.74) is 5.10. The molecule has 2 rings (SSSR count). The Kier molecular flexibility index (Phi) is 5.91. The highest BCUT2D eigenvalue weighted by atomic mass is 16.5. The van der Waals surface area contributed by atoms with E-state index >= 15 is 0 Å². The zero-order chi connectivity index (χ0) is 14.9. The lowest BCUT2D eigenvalue weighted by atomic mass is 10.0. The van der Waals surface area contributed by atoms with Gasteiger partial charge in [-0.3, -0.25) is 15.0 Å². The molecule has 0 aliphatic carbocycles. The van der Waals surface area contributed by atoms with Crippen molar-refractivity contribution in [2.24, 2.45) is 0 Å². The van der Waals surface area contributed by atoms with Gasteiger partial charge < -0.3 is 0 Å². The number of aryl methyl sites for hydroxylation is 2. The standard InChI is InChI=1S/C17H20N2O2/c20-17(19-21)12-15-9-7-14(8-10-15)4-1-2-5-16-6-3-11-18-13-16/h3,6-11,13,21H,1-2,4-5,12H2,(H,19,20). The van der Waals surface area contributed by atoms with Crippen LogP contribution in [0, 0.1) is 0 Å². The summed E-state index contributed by atoms with van der Waals surface area (Å²) < 4.78 is 0. The van der Waals surface area contributed by atoms with Crippen LogP contribution in [0.15, 0.2) is 48.8 Å². The number of carbonyl (C=O) groups is 1. The number of aromatic nitrogens is 1. The molecule has 0 spiro atoms. The Morgan fingerprint density at radius 2 is 1.67 bits per heavy atom. The summed E-state index contributed by atoms with van der Waals surface area (Å²) in [7, 11) is 0. The largest absolute Gasteiger partial charge is 0.289 e. The van der Waals surface area contributed by atoms with Gasteiger partial charge in [0.15, 0.2) is 0 Å². The van der Waals surface area contributed by atoms with E-state index in [-0.39, 0.29) is 12.3 Å². The second kappa shape index (κ2) is 8.17. The maximum Gasteiger partial charge on any atom is 0.247 e. The summed E-state index contributed by atoms with van der Waals surface area (Å²) in [6.07, 6.45) is 8.28. The van der Waals surface area contributed by atoms with E-state index in [2.05, 4.69) is 11.1 Å². The van der Waals surface area contributed by atoms with Gasteiger partial charge >= 0.3 is 0 Å². The third kappa shape index (κ3) is 5.36. The van der Waals surface area contributed by atoms with Crippen molar-refractivity contribution >= 4 is 5.91 Å². The molecule has 2 aromatic rings. The summed E-state index contributed by atoms with van der Waals surface area (Å²) in [6.45, 7) is 0. The van der Waals surface area contributed by atoms with Gasteiger partial charge in [0.1, 0.15) is 0 Å². The highest BCUT2D eigenvalue weighted by molar-refractivity contribution is 5.77. The van der Waals surface area contributed by atoms with Crippen LogP contribution in [0.5, 0.6) is 0 Å². The number of carbonyl (C=O) groups excluding carboxylic acids is 1. The van der Waals surface area contributed by atoms with Crippen LogP contribution in [0.4, 0.5) is 0 Å². The van der Waals surface area contributed by atoms with E-state index in [1.54, 1.807) is 11.7 Å². The summed E-state index contributed by atoms with van der Waals surface area (Å²) >= 11 is 0. The minimum Gasteiger partial charge on any atom is -0.289 e. The first-order chi connectivity index (χ1) is 10.3. The van der Waals surface area contributed by atoms with Crippen LogP contribution >= 0.6 is 0 Å². The van der Waals surface area contributed by atoms with Gasteiger partial charge in [-0.15, -0.1) is 0 Å². The molecule has 1 aromatic carbocycles. The van der Waals surface area contributed by atoms with Crippen molar-refractivity contribution in [2.45, 2.75) is 32.1 Å². The van der Waals surface area contributed by atoms with E-state index in [0.717, 1.165) is 31.2 Å². The second-order valence-electron chi connectivity index (χ2n) is 5.10. The molecule has 1 heterocycles. The summed E-state index contributed by atoms with van der Waals surface area (Å²) in [6, 6.07) is 12.0. The van der Waals surface area contributed by atoms with Crippen molar-refractivity contribution in [3.8, 4) is 0 Å². The summed E-state index contributed by atoms with van der Waals surface area (Å²) in [4.78, 5) is 15.2. The minimum absolute atomic E-state index is 0.206. The molecule has 2 N–H and O–H groups in total. The van der Waals surface area contributed by atoms with Crippen LogP contribution in [0.3, 0.4) is 0 Å². The first-order valence-electron chi connectivity index (χ1n) is 7.17. The molecular formula is C17H20N2O2. The Hall–Kier alpha value is -2.20. The lowest BCUT2D eigenvalue weighted by Crippen LogP contribution is -2.20. The van der Waals surface area contributed by atoms with E-state index in [0.29, 0.717) is 0 Å². The molecule has 4 heteroatoms. The fourth-order valence-electron chi connectivity index (χ4n) is 2.25. The van der Waals surface area contributed by atoms with Crippen LogP contribution < -0.4 is 5.48 Å². The molecule has 0 radical (unpaired) electrons. The molecular weight excluding hydrogens is 264 g/mol. The van der Waals surface area contributed by atoms with E-state index < -0.39 is 0 Å². The van der Waals surface area contributed by atoms with E-state index in [4.69, 9.17) is 5.21 Å². The molecule has 0 atom stereocenters. The van der Waals surface area contributed by atoms with Gasteiger partial charge in [-0.05, 0) is 48.4 Å². The van der Waals surface area contributed by atoms with Gasteiger partial charge in [0, 0.05) is 12.4 Å². The van der Waals surface area contributed by atoms with E-state index in [1.165, 1.54) is 11.1 Å². The molecule has 0 fully saturated rings. The summed E-state index contributed by atoms with van der Waals surface area (Å²) in [5, 5.41) is 8.48.